The summed E-state index contributed by atoms with van der Waals surface area (Å²) in [5.41, 5.74) is 2.16. The van der Waals surface area contributed by atoms with Crippen LogP contribution in [0.15, 0.2) is 23.2 Å². The van der Waals surface area contributed by atoms with Gasteiger partial charge in [-0.2, -0.15) is 0 Å². The van der Waals surface area contributed by atoms with E-state index in [2.05, 4.69) is 15.6 Å². The summed E-state index contributed by atoms with van der Waals surface area (Å²) in [5.74, 6) is 1.60. The highest BCUT2D eigenvalue weighted by Crippen LogP contribution is 2.20. The molecule has 0 saturated heterocycles. The lowest BCUT2D eigenvalue weighted by Gasteiger charge is -2.17. The van der Waals surface area contributed by atoms with Crippen molar-refractivity contribution in [2.75, 3.05) is 53.3 Å². The van der Waals surface area contributed by atoms with Crippen LogP contribution in [0, 0.1) is 6.92 Å². The fourth-order valence-corrected chi connectivity index (χ4v) is 3.29. The SMILES string of the molecule is CCS(=O)(=O)N(C)CCCNC(=NC)NCc1ccc(C)cc1OCCOC.I. The molecule has 0 spiro atoms. The summed E-state index contributed by atoms with van der Waals surface area (Å²) in [5, 5.41) is 6.47. The van der Waals surface area contributed by atoms with Crippen molar-refractivity contribution in [3.05, 3.63) is 29.3 Å². The molecule has 29 heavy (non-hydrogen) atoms. The van der Waals surface area contributed by atoms with Gasteiger partial charge in [-0.3, -0.25) is 4.99 Å². The molecule has 0 aliphatic rings. The molecule has 10 heteroatoms. The van der Waals surface area contributed by atoms with E-state index in [1.54, 1.807) is 28.1 Å². The minimum absolute atomic E-state index is 0. The second-order valence-corrected chi connectivity index (χ2v) is 8.75. The second kappa shape index (κ2) is 14.8. The standard InChI is InChI=1S/C19H34N4O4S.HI/c1-6-28(24,25)23(4)11-7-10-21-19(20-3)22-15-17-9-8-16(2)14-18(17)27-13-12-26-5;/h8-9,14H,6-7,10-13,15H2,1-5H3,(H2,20,21,22);1H. The van der Waals surface area contributed by atoms with E-state index in [1.807, 2.05) is 25.1 Å². The topological polar surface area (TPSA) is 92.3 Å². The van der Waals surface area contributed by atoms with Crippen LogP contribution in [0.25, 0.3) is 0 Å². The Bertz CT molecular complexity index is 729. The Morgan fingerprint density at radius 2 is 1.97 bits per heavy atom. The summed E-state index contributed by atoms with van der Waals surface area (Å²) < 4.78 is 35.7. The first-order chi connectivity index (χ1) is 13.3. The summed E-state index contributed by atoms with van der Waals surface area (Å²) >= 11 is 0. The number of aryl methyl sites for hydroxylation is 1. The predicted molar refractivity (Wildman–Crippen MR) is 129 cm³/mol. The van der Waals surface area contributed by atoms with Crippen LogP contribution in [0.4, 0.5) is 0 Å². The molecule has 0 bridgehead atoms. The number of nitrogens with one attached hydrogen (secondary N) is 2. The first kappa shape index (κ1) is 27.9. The Labute approximate surface area is 192 Å². The minimum atomic E-state index is -3.13. The van der Waals surface area contributed by atoms with Gasteiger partial charge in [0, 0.05) is 46.4 Å². The molecule has 0 fully saturated rings. The molecule has 2 N–H and O–H groups in total. The maximum Gasteiger partial charge on any atom is 0.213 e. The summed E-state index contributed by atoms with van der Waals surface area (Å²) in [6.45, 7) is 6.35. The molecule has 0 saturated carbocycles. The first-order valence-electron chi connectivity index (χ1n) is 9.43. The second-order valence-electron chi connectivity index (χ2n) is 6.38. The van der Waals surface area contributed by atoms with Gasteiger partial charge in [-0.25, -0.2) is 12.7 Å². The van der Waals surface area contributed by atoms with Crippen LogP contribution in [0.3, 0.4) is 0 Å². The number of methoxy groups -OCH3 is 1. The molecular weight excluding hydrogens is 507 g/mol. The van der Waals surface area contributed by atoms with E-state index in [0.29, 0.717) is 45.2 Å². The highest BCUT2D eigenvalue weighted by molar-refractivity contribution is 14.0. The van der Waals surface area contributed by atoms with Gasteiger partial charge in [0.25, 0.3) is 0 Å². The van der Waals surface area contributed by atoms with E-state index < -0.39 is 10.0 Å². The third-order valence-corrected chi connectivity index (χ3v) is 6.08. The third-order valence-electron chi connectivity index (χ3n) is 4.22. The summed E-state index contributed by atoms with van der Waals surface area (Å²) in [4.78, 5) is 4.21. The van der Waals surface area contributed by atoms with Crippen LogP contribution in [0.5, 0.6) is 5.75 Å². The Hall–Kier alpha value is -1.11. The van der Waals surface area contributed by atoms with E-state index in [4.69, 9.17) is 9.47 Å². The number of halogens is 1. The lowest BCUT2D eigenvalue weighted by atomic mass is 10.1. The first-order valence-corrected chi connectivity index (χ1v) is 11.0. The highest BCUT2D eigenvalue weighted by Gasteiger charge is 2.14. The Balaban J connectivity index is 0.00000784. The monoisotopic (exact) mass is 542 g/mol. The normalized spacial score (nSPS) is 11.9. The zero-order valence-corrected chi connectivity index (χ0v) is 21.2. The average Bonchev–Trinajstić information content (AvgIpc) is 2.68. The molecule has 0 radical (unpaired) electrons. The van der Waals surface area contributed by atoms with Crippen LogP contribution in [0.1, 0.15) is 24.5 Å². The summed E-state index contributed by atoms with van der Waals surface area (Å²) in [7, 11) is 1.82. The number of sulfonamides is 1. The Morgan fingerprint density at radius 1 is 1.24 bits per heavy atom. The molecule has 0 aliphatic heterocycles. The quantitative estimate of drug-likeness (QED) is 0.182. The van der Waals surface area contributed by atoms with Crippen molar-refractivity contribution < 1.29 is 17.9 Å². The molecule has 0 heterocycles. The van der Waals surface area contributed by atoms with Gasteiger partial charge in [0.15, 0.2) is 5.96 Å². The molecule has 1 aromatic rings. The molecule has 0 aliphatic carbocycles. The van der Waals surface area contributed by atoms with E-state index in [-0.39, 0.29) is 29.7 Å². The van der Waals surface area contributed by atoms with Crippen LogP contribution in [-0.2, 0) is 21.3 Å². The fourth-order valence-electron chi connectivity index (χ4n) is 2.44. The van der Waals surface area contributed by atoms with Crippen molar-refractivity contribution in [3.8, 4) is 5.75 Å². The number of rotatable bonds is 12. The van der Waals surface area contributed by atoms with Gasteiger partial charge in [-0.1, -0.05) is 12.1 Å². The predicted octanol–water partition coefficient (Wildman–Crippen LogP) is 1.97. The smallest absolute Gasteiger partial charge is 0.213 e. The van der Waals surface area contributed by atoms with E-state index in [9.17, 15) is 8.42 Å². The Kier molecular flexibility index (Phi) is 14.2. The fraction of sp³-hybridized carbons (Fsp3) is 0.632. The molecule has 168 valence electrons. The highest BCUT2D eigenvalue weighted by atomic mass is 127. The van der Waals surface area contributed by atoms with E-state index >= 15 is 0 Å². The number of hydrogen-bond acceptors (Lipinski definition) is 5. The molecule has 8 nitrogen and oxygen atoms in total. The number of hydrogen-bond donors (Lipinski definition) is 2. The zero-order chi connectivity index (χ0) is 21.0. The molecule has 1 aromatic carbocycles. The number of benzene rings is 1. The molecule has 0 amide bonds. The number of aliphatic imine (C=N–C) groups is 1. The van der Waals surface area contributed by atoms with Gasteiger partial charge in [0.05, 0.1) is 12.4 Å². The van der Waals surface area contributed by atoms with E-state index in [1.165, 1.54) is 4.31 Å². The van der Waals surface area contributed by atoms with Crippen LogP contribution in [-0.4, -0.2) is 71.9 Å². The lowest BCUT2D eigenvalue weighted by molar-refractivity contribution is 0.145. The van der Waals surface area contributed by atoms with Crippen LogP contribution >= 0.6 is 24.0 Å². The number of ether oxygens (including phenoxy) is 2. The van der Waals surface area contributed by atoms with Crippen molar-refractivity contribution in [1.29, 1.82) is 0 Å². The van der Waals surface area contributed by atoms with Gasteiger partial charge in [-0.05, 0) is 31.9 Å². The number of nitrogens with zero attached hydrogens (tertiary/aromatic N) is 2. The molecule has 1 rings (SSSR count). The third kappa shape index (κ3) is 10.5. The summed E-state index contributed by atoms with van der Waals surface area (Å²) in [6, 6.07) is 6.08. The molecule has 0 aromatic heterocycles. The maximum atomic E-state index is 11.7. The van der Waals surface area contributed by atoms with Gasteiger partial charge < -0.3 is 20.1 Å². The van der Waals surface area contributed by atoms with Gasteiger partial charge >= 0.3 is 0 Å². The van der Waals surface area contributed by atoms with E-state index in [0.717, 1.165) is 16.9 Å². The molecule has 0 atom stereocenters. The summed E-state index contributed by atoms with van der Waals surface area (Å²) in [6.07, 6.45) is 0.687. The van der Waals surface area contributed by atoms with Crippen molar-refractivity contribution in [1.82, 2.24) is 14.9 Å². The van der Waals surface area contributed by atoms with Crippen molar-refractivity contribution in [2.45, 2.75) is 26.8 Å². The van der Waals surface area contributed by atoms with Crippen molar-refractivity contribution >= 4 is 40.0 Å². The van der Waals surface area contributed by atoms with Gasteiger partial charge in [-0.15, -0.1) is 24.0 Å². The molecular formula is C19H35IN4O4S. The van der Waals surface area contributed by atoms with Gasteiger partial charge in [0.2, 0.25) is 10.0 Å². The van der Waals surface area contributed by atoms with Gasteiger partial charge in [0.1, 0.15) is 12.4 Å². The minimum Gasteiger partial charge on any atom is -0.491 e. The average molecular weight is 542 g/mol. The number of guanidine groups is 1. The van der Waals surface area contributed by atoms with Crippen molar-refractivity contribution in [3.63, 3.8) is 0 Å². The molecule has 0 unspecified atom stereocenters. The Morgan fingerprint density at radius 3 is 2.59 bits per heavy atom. The maximum absolute atomic E-state index is 11.7. The zero-order valence-electron chi connectivity index (χ0n) is 18.0. The van der Waals surface area contributed by atoms with Crippen LogP contribution in [0.2, 0.25) is 0 Å². The van der Waals surface area contributed by atoms with Crippen molar-refractivity contribution in [2.24, 2.45) is 4.99 Å². The lowest BCUT2D eigenvalue weighted by Crippen LogP contribution is -2.38. The largest absolute Gasteiger partial charge is 0.491 e. The van der Waals surface area contributed by atoms with Crippen LogP contribution < -0.4 is 15.4 Å².